The van der Waals surface area contributed by atoms with Crippen LogP contribution in [0.2, 0.25) is 0 Å². The molecule has 0 aromatic carbocycles. The molecular formula is C14H19NO3. The van der Waals surface area contributed by atoms with Crippen LogP contribution in [0.5, 0.6) is 5.88 Å². The van der Waals surface area contributed by atoms with E-state index in [0.717, 1.165) is 12.3 Å². The highest BCUT2D eigenvalue weighted by atomic mass is 16.5. The summed E-state index contributed by atoms with van der Waals surface area (Å²) in [7, 11) is 0. The van der Waals surface area contributed by atoms with Gasteiger partial charge in [0.1, 0.15) is 0 Å². The number of carbonyl (C=O) groups is 1. The van der Waals surface area contributed by atoms with Gasteiger partial charge in [-0.15, -0.1) is 0 Å². The molecule has 1 saturated carbocycles. The molecule has 1 aliphatic carbocycles. The number of nitrogens with zero attached hydrogens (tertiary/aromatic N) is 1. The number of hydrogen-bond acceptors (Lipinski definition) is 4. The topological polar surface area (TPSA) is 48.4 Å². The number of pyridine rings is 1. The summed E-state index contributed by atoms with van der Waals surface area (Å²) in [6.07, 6.45) is 6.62. The van der Waals surface area contributed by atoms with Crippen molar-refractivity contribution in [2.45, 2.75) is 32.6 Å². The lowest BCUT2D eigenvalue weighted by Crippen LogP contribution is -2.14. The number of rotatable bonds is 6. The Morgan fingerprint density at radius 3 is 2.83 bits per heavy atom. The van der Waals surface area contributed by atoms with Crippen LogP contribution >= 0.6 is 0 Å². The second kappa shape index (κ2) is 6.38. The van der Waals surface area contributed by atoms with E-state index in [1.807, 2.05) is 0 Å². The van der Waals surface area contributed by atoms with Crippen LogP contribution in [0.25, 0.3) is 0 Å². The second-order valence-corrected chi connectivity index (χ2v) is 4.54. The number of hydrogen-bond donors (Lipinski definition) is 0. The van der Waals surface area contributed by atoms with Crippen LogP contribution < -0.4 is 4.74 Å². The molecular weight excluding hydrogens is 230 g/mol. The van der Waals surface area contributed by atoms with Gasteiger partial charge in [-0.1, -0.05) is 19.3 Å². The first-order valence-corrected chi connectivity index (χ1v) is 6.55. The Balaban J connectivity index is 1.77. The lowest BCUT2D eigenvalue weighted by atomic mass is 9.83. The van der Waals surface area contributed by atoms with Crippen LogP contribution in [0.4, 0.5) is 0 Å². The van der Waals surface area contributed by atoms with Gasteiger partial charge in [0.05, 0.1) is 18.8 Å². The fourth-order valence-corrected chi connectivity index (χ4v) is 1.91. The third kappa shape index (κ3) is 3.45. The molecule has 0 amide bonds. The van der Waals surface area contributed by atoms with Crippen LogP contribution in [-0.2, 0) is 4.74 Å². The minimum absolute atomic E-state index is 0.342. The molecule has 0 spiro atoms. The van der Waals surface area contributed by atoms with Crippen molar-refractivity contribution in [3.05, 3.63) is 23.9 Å². The highest BCUT2D eigenvalue weighted by molar-refractivity contribution is 5.89. The van der Waals surface area contributed by atoms with Gasteiger partial charge in [-0.2, -0.15) is 0 Å². The first-order chi connectivity index (χ1) is 8.79. The molecule has 0 N–H and O–H groups in total. The summed E-state index contributed by atoms with van der Waals surface area (Å²) >= 11 is 0. The average molecular weight is 249 g/mol. The molecule has 1 aliphatic rings. The van der Waals surface area contributed by atoms with Gasteiger partial charge in [0.15, 0.2) is 0 Å². The zero-order valence-electron chi connectivity index (χ0n) is 10.7. The molecule has 0 unspecified atom stereocenters. The third-order valence-corrected chi connectivity index (χ3v) is 3.25. The summed E-state index contributed by atoms with van der Waals surface area (Å²) in [4.78, 5) is 15.5. The molecule has 18 heavy (non-hydrogen) atoms. The maximum atomic E-state index is 11.4. The van der Waals surface area contributed by atoms with Crippen LogP contribution in [-0.4, -0.2) is 24.2 Å². The maximum absolute atomic E-state index is 11.4. The summed E-state index contributed by atoms with van der Waals surface area (Å²) < 4.78 is 10.4. The van der Waals surface area contributed by atoms with Gasteiger partial charge in [0, 0.05) is 12.3 Å². The molecule has 0 aliphatic heterocycles. The summed E-state index contributed by atoms with van der Waals surface area (Å²) in [5.74, 6) is 1.07. The predicted octanol–water partition coefficient (Wildman–Crippen LogP) is 2.83. The monoisotopic (exact) mass is 249 g/mol. The third-order valence-electron chi connectivity index (χ3n) is 3.25. The van der Waals surface area contributed by atoms with Gasteiger partial charge in [0.2, 0.25) is 5.88 Å². The van der Waals surface area contributed by atoms with Crippen molar-refractivity contribution in [1.82, 2.24) is 4.98 Å². The predicted molar refractivity (Wildman–Crippen MR) is 67.6 cm³/mol. The van der Waals surface area contributed by atoms with Gasteiger partial charge in [-0.3, -0.25) is 0 Å². The lowest BCUT2D eigenvalue weighted by Gasteiger charge is -2.24. The lowest BCUT2D eigenvalue weighted by molar-refractivity contribution is 0.0526. The summed E-state index contributed by atoms with van der Waals surface area (Å²) in [5.41, 5.74) is 0.461. The molecule has 4 heteroatoms. The number of aromatic nitrogens is 1. The summed E-state index contributed by atoms with van der Waals surface area (Å²) in [5, 5.41) is 0. The fourth-order valence-electron chi connectivity index (χ4n) is 1.91. The molecule has 1 fully saturated rings. The van der Waals surface area contributed by atoms with Crippen molar-refractivity contribution in [3.63, 3.8) is 0 Å². The maximum Gasteiger partial charge on any atom is 0.339 e. The van der Waals surface area contributed by atoms with Gasteiger partial charge < -0.3 is 9.47 Å². The Kier molecular flexibility index (Phi) is 4.56. The average Bonchev–Trinajstić information content (AvgIpc) is 2.33. The number of esters is 1. The van der Waals surface area contributed by atoms with Gasteiger partial charge >= 0.3 is 5.97 Å². The van der Waals surface area contributed by atoms with E-state index in [1.165, 1.54) is 25.5 Å². The normalized spacial score (nSPS) is 14.9. The Hall–Kier alpha value is -1.58. The molecule has 0 bridgehead atoms. The van der Waals surface area contributed by atoms with Crippen molar-refractivity contribution in [2.24, 2.45) is 5.92 Å². The van der Waals surface area contributed by atoms with E-state index >= 15 is 0 Å². The van der Waals surface area contributed by atoms with Crippen molar-refractivity contribution in [2.75, 3.05) is 13.2 Å². The zero-order chi connectivity index (χ0) is 12.8. The second-order valence-electron chi connectivity index (χ2n) is 4.54. The van der Waals surface area contributed by atoms with Crippen LogP contribution in [0.3, 0.4) is 0 Å². The van der Waals surface area contributed by atoms with E-state index in [2.05, 4.69) is 4.98 Å². The fraction of sp³-hybridized carbons (Fsp3) is 0.571. The number of carbonyl (C=O) groups excluding carboxylic acids is 1. The molecule has 1 heterocycles. The Morgan fingerprint density at radius 1 is 1.44 bits per heavy atom. The minimum Gasteiger partial charge on any atom is -0.478 e. The van der Waals surface area contributed by atoms with E-state index in [0.29, 0.717) is 24.7 Å². The molecule has 4 nitrogen and oxygen atoms in total. The van der Waals surface area contributed by atoms with E-state index < -0.39 is 0 Å². The van der Waals surface area contributed by atoms with Crippen LogP contribution in [0.1, 0.15) is 43.0 Å². The number of ether oxygens (including phenoxy) is 2. The molecule has 0 atom stereocenters. The molecule has 1 aromatic rings. The van der Waals surface area contributed by atoms with Crippen molar-refractivity contribution in [3.8, 4) is 5.88 Å². The summed E-state index contributed by atoms with van der Waals surface area (Å²) in [6, 6.07) is 3.40. The minimum atomic E-state index is -0.342. The van der Waals surface area contributed by atoms with E-state index in [4.69, 9.17) is 9.47 Å². The van der Waals surface area contributed by atoms with Crippen molar-refractivity contribution in [1.29, 1.82) is 0 Å². The summed E-state index contributed by atoms with van der Waals surface area (Å²) in [6.45, 7) is 2.86. The largest absolute Gasteiger partial charge is 0.478 e. The highest BCUT2D eigenvalue weighted by Crippen LogP contribution is 2.29. The molecule has 98 valence electrons. The smallest absolute Gasteiger partial charge is 0.339 e. The van der Waals surface area contributed by atoms with E-state index in [1.54, 1.807) is 19.1 Å². The van der Waals surface area contributed by atoms with Gasteiger partial charge in [-0.05, 0) is 25.3 Å². The zero-order valence-corrected chi connectivity index (χ0v) is 10.7. The Labute approximate surface area is 107 Å². The quantitative estimate of drug-likeness (QED) is 0.727. The van der Waals surface area contributed by atoms with Crippen molar-refractivity contribution >= 4 is 5.97 Å². The van der Waals surface area contributed by atoms with Gasteiger partial charge in [0.25, 0.3) is 0 Å². The Bertz CT molecular complexity index is 385. The SMILES string of the molecule is CCOC(=O)c1ccc(OCCC2CCC2)nc1. The Morgan fingerprint density at radius 2 is 2.28 bits per heavy atom. The van der Waals surface area contributed by atoms with Crippen molar-refractivity contribution < 1.29 is 14.3 Å². The highest BCUT2D eigenvalue weighted by Gasteiger charge is 2.17. The molecule has 0 radical (unpaired) electrons. The standard InChI is InChI=1S/C14H19NO3/c1-2-17-14(16)12-6-7-13(15-10-12)18-9-8-11-4-3-5-11/h6-7,10-11H,2-5,8-9H2,1H3. The van der Waals surface area contributed by atoms with Crippen LogP contribution in [0.15, 0.2) is 18.3 Å². The van der Waals surface area contributed by atoms with Crippen LogP contribution in [0, 0.1) is 5.92 Å². The first-order valence-electron chi connectivity index (χ1n) is 6.55. The molecule has 0 saturated heterocycles. The van der Waals surface area contributed by atoms with E-state index in [-0.39, 0.29) is 5.97 Å². The molecule has 1 aromatic heterocycles. The first kappa shape index (κ1) is 12.9. The van der Waals surface area contributed by atoms with Gasteiger partial charge in [-0.25, -0.2) is 9.78 Å². The molecule has 2 rings (SSSR count). The van der Waals surface area contributed by atoms with E-state index in [9.17, 15) is 4.79 Å².